The summed E-state index contributed by atoms with van der Waals surface area (Å²) in [6.45, 7) is 0. The molecule has 3 N–H and O–H groups in total. The number of rotatable bonds is 9. The number of hydrogen-bond donors (Lipinski definition) is 3. The number of β-lactam (4-membered cyclic amide) rings is 1. The highest BCUT2D eigenvalue weighted by Crippen LogP contribution is 2.39. The molecule has 2 aromatic rings. The Kier molecular flexibility index (Phi) is 11.5. The molecule has 13 nitrogen and oxygen atoms in total. The normalized spacial score (nSPS) is 19.8. The van der Waals surface area contributed by atoms with Crippen LogP contribution in [0.5, 0.6) is 0 Å². The summed E-state index contributed by atoms with van der Waals surface area (Å²) in [5, 5.41) is 9.31. The molecule has 39 heavy (non-hydrogen) atoms. The van der Waals surface area contributed by atoms with Gasteiger partial charge in [-0.25, -0.2) is 4.98 Å². The molecule has 2 atom stereocenters. The lowest BCUT2D eigenvalue weighted by atomic mass is 10.0. The molecule has 17 heteroatoms. The Morgan fingerprint density at radius 1 is 1.26 bits per heavy atom. The highest BCUT2D eigenvalue weighted by molar-refractivity contribution is 8.01. The monoisotopic (exact) mass is 618 g/mol. The second-order valence-electron chi connectivity index (χ2n) is 8.22. The summed E-state index contributed by atoms with van der Waals surface area (Å²) in [7, 11) is -3.57. The summed E-state index contributed by atoms with van der Waals surface area (Å²) in [6.07, 6.45) is 8.25. The first kappa shape index (κ1) is 30.7. The van der Waals surface area contributed by atoms with E-state index in [-0.39, 0.29) is 27.7 Å². The largest absolute Gasteiger partial charge is 0.398 e. The van der Waals surface area contributed by atoms with Crippen molar-refractivity contribution in [1.29, 1.82) is 0 Å². The number of carbonyl (C=O) groups excluding carboxylic acids is 3. The van der Waals surface area contributed by atoms with E-state index in [1.165, 1.54) is 24.3 Å². The van der Waals surface area contributed by atoms with Gasteiger partial charge >= 0.3 is 10.3 Å². The molecule has 0 radical (unpaired) electrons. The Morgan fingerprint density at radius 3 is 2.49 bits per heavy atom. The molecule has 1 aliphatic heterocycles. The average molecular weight is 619 g/mol. The van der Waals surface area contributed by atoms with Gasteiger partial charge in [0, 0.05) is 23.0 Å². The number of thioether (sulfide) groups is 1. The van der Waals surface area contributed by atoms with E-state index in [0.717, 1.165) is 43.4 Å². The van der Waals surface area contributed by atoms with Crippen LogP contribution in [0, 0.1) is 0 Å². The summed E-state index contributed by atoms with van der Waals surface area (Å²) >= 11 is 7.71. The lowest BCUT2D eigenvalue weighted by molar-refractivity contribution is -0.141. The van der Waals surface area contributed by atoms with E-state index in [1.807, 2.05) is 18.2 Å². The minimum Gasteiger partial charge on any atom is -0.398 e. The summed E-state index contributed by atoms with van der Waals surface area (Å²) in [5.74, 6) is -2.55. The van der Waals surface area contributed by atoms with Crippen LogP contribution in [0.1, 0.15) is 37.8 Å². The fourth-order valence-electron chi connectivity index (χ4n) is 3.76. The van der Waals surface area contributed by atoms with Crippen LogP contribution in [0.15, 0.2) is 41.1 Å². The summed E-state index contributed by atoms with van der Waals surface area (Å²) in [4.78, 5) is 49.4. The van der Waals surface area contributed by atoms with Gasteiger partial charge in [0.15, 0.2) is 10.8 Å². The van der Waals surface area contributed by atoms with E-state index >= 15 is 0 Å². The molecule has 2 aliphatic rings. The number of hydrogen-bond acceptors (Lipinski definition) is 11. The molecular formula is C22H27ClN6O7S3. The van der Waals surface area contributed by atoms with Gasteiger partial charge in [0.1, 0.15) is 30.1 Å². The number of oxime groups is 1. The van der Waals surface area contributed by atoms with Crippen molar-refractivity contribution < 1.29 is 32.2 Å². The molecule has 0 spiro atoms. The summed E-state index contributed by atoms with van der Waals surface area (Å²) in [5.41, 5.74) is -0.209. The first-order chi connectivity index (χ1) is 18.7. The topological polar surface area (TPSA) is 180 Å². The number of anilines is 1. The molecule has 2 aromatic heterocycles. The van der Waals surface area contributed by atoms with Crippen LogP contribution >= 0.6 is 34.7 Å². The molecule has 1 aliphatic carbocycles. The molecule has 4 rings (SSSR count). The van der Waals surface area contributed by atoms with Crippen LogP contribution in [0.4, 0.5) is 5.13 Å². The highest BCUT2D eigenvalue weighted by atomic mass is 35.5. The van der Waals surface area contributed by atoms with Gasteiger partial charge in [-0.15, -0.1) is 34.7 Å². The Bertz CT molecular complexity index is 1250. The standard InChI is InChI=1S/C17H22ClN5O7S3.C5H5N/c1-30-22-12(10-8-31-17(19-10)20-11(24)7-18)14(25)21-13-15(26)23(33(27,28)29)16(13)32-9-5-3-2-4-6-9;1-2-4-6-5-3-1/h8-9,13,16H,2-7H2,1H3,(H,21,25)(H,19,20,24)(H,27,28,29);1-5H/t13-,16-;/m1./s1. The number of halogens is 1. The average Bonchev–Trinajstić information content (AvgIpc) is 3.38. The van der Waals surface area contributed by atoms with Gasteiger partial charge in [-0.3, -0.25) is 23.9 Å². The van der Waals surface area contributed by atoms with Gasteiger partial charge < -0.3 is 15.5 Å². The zero-order valence-corrected chi connectivity index (χ0v) is 23.9. The van der Waals surface area contributed by atoms with E-state index < -0.39 is 39.4 Å². The molecular weight excluding hydrogens is 592 g/mol. The van der Waals surface area contributed by atoms with Crippen LogP contribution in [0.25, 0.3) is 0 Å². The maximum atomic E-state index is 12.9. The van der Waals surface area contributed by atoms with Gasteiger partial charge in [0.25, 0.3) is 11.8 Å². The number of nitrogens with zero attached hydrogens (tertiary/aromatic N) is 4. The van der Waals surface area contributed by atoms with E-state index in [9.17, 15) is 27.4 Å². The Balaban J connectivity index is 0.000000617. The third-order valence-electron chi connectivity index (χ3n) is 5.50. The Hall–Kier alpha value is -2.79. The van der Waals surface area contributed by atoms with Crippen molar-refractivity contribution in [3.63, 3.8) is 0 Å². The number of carbonyl (C=O) groups is 3. The van der Waals surface area contributed by atoms with Crippen molar-refractivity contribution in [3.05, 3.63) is 41.7 Å². The predicted octanol–water partition coefficient (Wildman–Crippen LogP) is 2.27. The maximum absolute atomic E-state index is 12.9. The quantitative estimate of drug-likeness (QED) is 0.124. The number of thiazole rings is 1. The van der Waals surface area contributed by atoms with E-state index in [1.54, 1.807) is 12.4 Å². The summed E-state index contributed by atoms with van der Waals surface area (Å²) in [6, 6.07) is 4.52. The SMILES string of the molecule is CON=C(C(=O)N[C@@H]1C(=O)N(S(=O)(=O)O)[C@@H]1SC1CCCCC1)c1csc(NC(=O)CCl)n1.c1ccncc1. The first-order valence-corrected chi connectivity index (χ1v) is 15.5. The zero-order chi connectivity index (χ0) is 28.4. The lowest BCUT2D eigenvalue weighted by Gasteiger charge is -2.45. The highest BCUT2D eigenvalue weighted by Gasteiger charge is 2.55. The van der Waals surface area contributed by atoms with Crippen LogP contribution < -0.4 is 10.6 Å². The molecule has 3 amide bonds. The fraction of sp³-hybridized carbons (Fsp3) is 0.455. The predicted molar refractivity (Wildman–Crippen MR) is 148 cm³/mol. The van der Waals surface area contributed by atoms with Gasteiger partial charge in [-0.05, 0) is 25.0 Å². The van der Waals surface area contributed by atoms with Crippen LogP contribution in [0.3, 0.4) is 0 Å². The molecule has 0 bridgehead atoms. The molecule has 2 fully saturated rings. The molecule has 0 unspecified atom stereocenters. The Morgan fingerprint density at radius 2 is 1.95 bits per heavy atom. The molecule has 3 heterocycles. The molecule has 0 aromatic carbocycles. The van der Waals surface area contributed by atoms with E-state index in [0.29, 0.717) is 4.31 Å². The molecule has 1 saturated carbocycles. The third kappa shape index (κ3) is 8.60. The van der Waals surface area contributed by atoms with Crippen molar-refractivity contribution in [2.45, 2.75) is 48.8 Å². The molecule has 1 saturated heterocycles. The Labute approximate surface area is 238 Å². The first-order valence-electron chi connectivity index (χ1n) is 11.7. The maximum Gasteiger partial charge on any atom is 0.363 e. The number of amides is 3. The smallest absolute Gasteiger partial charge is 0.363 e. The number of alkyl halides is 1. The second kappa shape index (κ2) is 14.6. The van der Waals surface area contributed by atoms with Gasteiger partial charge in [-0.2, -0.15) is 12.7 Å². The second-order valence-corrected chi connectivity index (χ2v) is 12.1. The number of pyridine rings is 1. The van der Waals surface area contributed by atoms with Gasteiger partial charge in [0.2, 0.25) is 5.91 Å². The fourth-order valence-corrected chi connectivity index (χ4v) is 7.29. The molecule has 212 valence electrons. The van der Waals surface area contributed by atoms with E-state index in [4.69, 9.17) is 16.4 Å². The van der Waals surface area contributed by atoms with Gasteiger partial charge in [0.05, 0.1) is 0 Å². The van der Waals surface area contributed by atoms with Crippen molar-refractivity contribution in [2.75, 3.05) is 18.3 Å². The lowest BCUT2D eigenvalue weighted by Crippen LogP contribution is -2.71. The van der Waals surface area contributed by atoms with Crippen LogP contribution in [-0.2, 0) is 29.5 Å². The minimum absolute atomic E-state index is 0.0686. The summed E-state index contributed by atoms with van der Waals surface area (Å²) < 4.78 is 33.3. The van der Waals surface area contributed by atoms with Crippen molar-refractivity contribution in [1.82, 2.24) is 19.6 Å². The van der Waals surface area contributed by atoms with Crippen molar-refractivity contribution >= 4 is 73.6 Å². The van der Waals surface area contributed by atoms with Crippen LogP contribution in [-0.4, -0.2) is 80.3 Å². The van der Waals surface area contributed by atoms with Crippen molar-refractivity contribution in [3.8, 4) is 0 Å². The van der Waals surface area contributed by atoms with Crippen LogP contribution in [0.2, 0.25) is 0 Å². The minimum atomic E-state index is -4.78. The van der Waals surface area contributed by atoms with Crippen molar-refractivity contribution in [2.24, 2.45) is 5.16 Å². The number of nitrogens with one attached hydrogen (secondary N) is 2. The van der Waals surface area contributed by atoms with Gasteiger partial charge in [-0.1, -0.05) is 30.5 Å². The third-order valence-corrected chi connectivity index (χ3v) is 9.15. The zero-order valence-electron chi connectivity index (χ0n) is 20.7. The van der Waals surface area contributed by atoms with E-state index in [2.05, 4.69) is 25.8 Å². The number of aromatic nitrogens is 2.